The van der Waals surface area contributed by atoms with Gasteiger partial charge in [0.15, 0.2) is 0 Å². The maximum absolute atomic E-state index is 12.9. The zero-order valence-corrected chi connectivity index (χ0v) is 9.49. The Bertz CT molecular complexity index is 525. The Kier molecular flexibility index (Phi) is 4.69. The highest BCUT2D eigenvalue weighted by atomic mass is 19.3. The summed E-state index contributed by atoms with van der Waals surface area (Å²) in [4.78, 5) is 11.4. The van der Waals surface area contributed by atoms with Gasteiger partial charge in [-0.05, 0) is 12.1 Å². The molecular weight excluding hydrogens is 270 g/mol. The van der Waals surface area contributed by atoms with Gasteiger partial charge < -0.3 is 9.47 Å². The Hall–Kier alpha value is -2.30. The number of nitrogens with zero attached hydrogens (tertiary/aromatic N) is 1. The molecule has 0 aromatic heterocycles. The number of hydrogen-bond acceptors (Lipinski definition) is 4. The SMILES string of the molecule is COC(=O)c1c(OC(F)F)ccc(C#N)c1C(F)F. The number of halogens is 4. The fourth-order valence-electron chi connectivity index (χ4n) is 1.43. The van der Waals surface area contributed by atoms with Crippen molar-refractivity contribution in [3.05, 3.63) is 28.8 Å². The molecule has 0 aliphatic rings. The third-order valence-electron chi connectivity index (χ3n) is 2.15. The van der Waals surface area contributed by atoms with E-state index in [1.54, 1.807) is 0 Å². The van der Waals surface area contributed by atoms with Crippen LogP contribution in [0.25, 0.3) is 0 Å². The van der Waals surface area contributed by atoms with Crippen LogP contribution >= 0.6 is 0 Å². The van der Waals surface area contributed by atoms with E-state index in [-0.39, 0.29) is 0 Å². The number of hydrogen-bond donors (Lipinski definition) is 0. The second-order valence-electron chi connectivity index (χ2n) is 3.18. The van der Waals surface area contributed by atoms with E-state index in [9.17, 15) is 22.4 Å². The zero-order valence-electron chi connectivity index (χ0n) is 9.49. The lowest BCUT2D eigenvalue weighted by Gasteiger charge is -2.14. The summed E-state index contributed by atoms with van der Waals surface area (Å²) in [6.07, 6.45) is -3.22. The Labute approximate surface area is 105 Å². The summed E-state index contributed by atoms with van der Waals surface area (Å²) in [5.41, 5.74) is -2.39. The lowest BCUT2D eigenvalue weighted by molar-refractivity contribution is -0.0506. The fourth-order valence-corrected chi connectivity index (χ4v) is 1.43. The smallest absolute Gasteiger partial charge is 0.387 e. The normalized spacial score (nSPS) is 10.4. The first-order valence-electron chi connectivity index (χ1n) is 4.80. The summed E-state index contributed by atoms with van der Waals surface area (Å²) >= 11 is 0. The summed E-state index contributed by atoms with van der Waals surface area (Å²) in [5.74, 6) is -2.06. The number of benzene rings is 1. The number of ether oxygens (including phenoxy) is 2. The minimum atomic E-state index is -3.30. The van der Waals surface area contributed by atoms with Gasteiger partial charge in [0, 0.05) is 0 Å². The largest absolute Gasteiger partial charge is 0.465 e. The van der Waals surface area contributed by atoms with Crippen molar-refractivity contribution in [2.75, 3.05) is 7.11 Å². The summed E-state index contributed by atoms with van der Waals surface area (Å²) < 4.78 is 58.3. The van der Waals surface area contributed by atoms with E-state index in [1.165, 1.54) is 6.07 Å². The van der Waals surface area contributed by atoms with E-state index in [2.05, 4.69) is 9.47 Å². The number of carbonyl (C=O) groups is 1. The molecule has 1 aromatic carbocycles. The van der Waals surface area contributed by atoms with Crippen LogP contribution in [-0.2, 0) is 4.74 Å². The monoisotopic (exact) mass is 277 g/mol. The van der Waals surface area contributed by atoms with Crippen molar-refractivity contribution >= 4 is 5.97 Å². The van der Waals surface area contributed by atoms with Crippen LogP contribution in [0.3, 0.4) is 0 Å². The summed E-state index contributed by atoms with van der Waals surface area (Å²) in [7, 11) is 0.892. The molecule has 0 bridgehead atoms. The van der Waals surface area contributed by atoms with Crippen molar-refractivity contribution < 1.29 is 31.8 Å². The molecule has 1 rings (SSSR count). The molecule has 0 radical (unpaired) electrons. The van der Waals surface area contributed by atoms with Crippen LogP contribution in [0, 0.1) is 11.3 Å². The number of rotatable bonds is 4. The first-order chi connectivity index (χ1) is 8.92. The molecule has 1 aromatic rings. The highest BCUT2D eigenvalue weighted by Gasteiger charge is 2.28. The van der Waals surface area contributed by atoms with E-state index in [0.29, 0.717) is 0 Å². The third kappa shape index (κ3) is 3.13. The number of alkyl halides is 4. The molecule has 19 heavy (non-hydrogen) atoms. The molecule has 8 heteroatoms. The van der Waals surface area contributed by atoms with Crippen LogP contribution in [0.4, 0.5) is 17.6 Å². The summed E-state index contributed by atoms with van der Waals surface area (Å²) in [6.45, 7) is -3.30. The summed E-state index contributed by atoms with van der Waals surface area (Å²) in [5, 5.41) is 8.69. The van der Waals surface area contributed by atoms with Gasteiger partial charge in [-0.3, -0.25) is 0 Å². The van der Waals surface area contributed by atoms with E-state index in [0.717, 1.165) is 19.2 Å². The maximum atomic E-state index is 12.9. The van der Waals surface area contributed by atoms with E-state index < -0.39 is 41.4 Å². The minimum absolute atomic E-state index is 0.517. The van der Waals surface area contributed by atoms with Crippen LogP contribution in [0.2, 0.25) is 0 Å². The molecule has 102 valence electrons. The van der Waals surface area contributed by atoms with Gasteiger partial charge in [0.2, 0.25) is 0 Å². The highest BCUT2D eigenvalue weighted by Crippen LogP contribution is 2.34. The minimum Gasteiger partial charge on any atom is -0.465 e. The van der Waals surface area contributed by atoms with Crippen molar-refractivity contribution in [1.82, 2.24) is 0 Å². The average Bonchev–Trinajstić information content (AvgIpc) is 2.36. The third-order valence-corrected chi connectivity index (χ3v) is 2.15. The summed E-state index contributed by atoms with van der Waals surface area (Å²) in [6, 6.07) is 3.15. The van der Waals surface area contributed by atoms with Crippen molar-refractivity contribution in [1.29, 1.82) is 5.26 Å². The van der Waals surface area contributed by atoms with Crippen molar-refractivity contribution in [2.45, 2.75) is 13.0 Å². The quantitative estimate of drug-likeness (QED) is 0.627. The molecule has 0 aliphatic carbocycles. The Morgan fingerprint density at radius 2 is 1.95 bits per heavy atom. The Morgan fingerprint density at radius 3 is 2.37 bits per heavy atom. The second kappa shape index (κ2) is 6.04. The van der Waals surface area contributed by atoms with E-state index in [4.69, 9.17) is 5.26 Å². The van der Waals surface area contributed by atoms with Crippen LogP contribution in [-0.4, -0.2) is 19.7 Å². The highest BCUT2D eigenvalue weighted by molar-refractivity contribution is 5.95. The molecule has 0 N–H and O–H groups in total. The van der Waals surface area contributed by atoms with Crippen molar-refractivity contribution in [3.63, 3.8) is 0 Å². The average molecular weight is 277 g/mol. The molecule has 0 unspecified atom stereocenters. The molecule has 0 saturated carbocycles. The Balaban J connectivity index is 3.55. The molecule has 0 fully saturated rings. The fraction of sp³-hybridized carbons (Fsp3) is 0.273. The van der Waals surface area contributed by atoms with Gasteiger partial charge in [-0.25, -0.2) is 13.6 Å². The molecule has 0 heterocycles. The van der Waals surface area contributed by atoms with Crippen LogP contribution in [0.1, 0.15) is 27.9 Å². The van der Waals surface area contributed by atoms with Gasteiger partial charge in [-0.2, -0.15) is 14.0 Å². The molecular formula is C11H7F4NO3. The molecule has 0 amide bonds. The van der Waals surface area contributed by atoms with E-state index >= 15 is 0 Å². The molecule has 0 spiro atoms. The number of methoxy groups -OCH3 is 1. The Morgan fingerprint density at radius 1 is 1.32 bits per heavy atom. The van der Waals surface area contributed by atoms with Gasteiger partial charge >= 0.3 is 12.6 Å². The number of esters is 1. The first-order valence-corrected chi connectivity index (χ1v) is 4.80. The topological polar surface area (TPSA) is 59.3 Å². The molecule has 4 nitrogen and oxygen atoms in total. The van der Waals surface area contributed by atoms with Gasteiger partial charge in [0.05, 0.1) is 24.3 Å². The second-order valence-corrected chi connectivity index (χ2v) is 3.18. The van der Waals surface area contributed by atoms with Gasteiger partial charge in [-0.15, -0.1) is 0 Å². The van der Waals surface area contributed by atoms with Crippen LogP contribution in [0.5, 0.6) is 5.75 Å². The van der Waals surface area contributed by atoms with E-state index in [1.807, 2.05) is 0 Å². The lowest BCUT2D eigenvalue weighted by atomic mass is 10.0. The van der Waals surface area contributed by atoms with Crippen molar-refractivity contribution in [3.8, 4) is 11.8 Å². The predicted molar refractivity (Wildman–Crippen MR) is 54.1 cm³/mol. The van der Waals surface area contributed by atoms with Crippen molar-refractivity contribution in [2.24, 2.45) is 0 Å². The first kappa shape index (κ1) is 14.8. The predicted octanol–water partition coefficient (Wildman–Crippen LogP) is 2.88. The standard InChI is InChI=1S/C11H7F4NO3/c1-18-10(17)8-6(19-11(14)15)3-2-5(4-16)7(8)9(12)13/h2-3,9,11H,1H3. The van der Waals surface area contributed by atoms with Crippen LogP contribution in [0.15, 0.2) is 12.1 Å². The zero-order chi connectivity index (χ0) is 14.6. The van der Waals surface area contributed by atoms with Gasteiger partial charge in [0.25, 0.3) is 6.43 Å². The lowest BCUT2D eigenvalue weighted by Crippen LogP contribution is -2.13. The molecule has 0 saturated heterocycles. The van der Waals surface area contributed by atoms with Gasteiger partial charge in [-0.1, -0.05) is 0 Å². The number of nitriles is 1. The number of carbonyl (C=O) groups excluding carboxylic acids is 1. The van der Waals surface area contributed by atoms with Gasteiger partial charge in [0.1, 0.15) is 11.3 Å². The molecule has 0 aliphatic heterocycles. The molecule has 0 atom stereocenters. The maximum Gasteiger partial charge on any atom is 0.387 e. The van der Waals surface area contributed by atoms with Crippen LogP contribution < -0.4 is 4.74 Å².